The zero-order valence-electron chi connectivity index (χ0n) is 10.6. The number of hydrogen-bond donors (Lipinski definition) is 1. The molecule has 7 heteroatoms. The number of carbonyl (C=O) groups excluding carboxylic acids is 1. The minimum atomic E-state index is -0.943. The Balaban J connectivity index is 2.71. The van der Waals surface area contributed by atoms with Crippen LogP contribution >= 0.6 is 11.6 Å². The van der Waals surface area contributed by atoms with Crippen LogP contribution in [0.2, 0.25) is 0 Å². The Kier molecular flexibility index (Phi) is 5.55. The molecule has 18 heavy (non-hydrogen) atoms. The summed E-state index contributed by atoms with van der Waals surface area (Å²) in [6.45, 7) is 3.16. The van der Waals surface area contributed by atoms with E-state index in [0.29, 0.717) is 5.88 Å². The fourth-order valence-electron chi connectivity index (χ4n) is 1.34. The van der Waals surface area contributed by atoms with Crippen molar-refractivity contribution >= 4 is 17.6 Å². The molecule has 0 aliphatic carbocycles. The first-order valence-electron chi connectivity index (χ1n) is 5.78. The lowest BCUT2D eigenvalue weighted by Crippen LogP contribution is -2.38. The van der Waals surface area contributed by atoms with Crippen molar-refractivity contribution in [2.45, 2.75) is 32.2 Å². The van der Waals surface area contributed by atoms with Gasteiger partial charge in [-0.1, -0.05) is 5.21 Å². The van der Waals surface area contributed by atoms with Crippen LogP contribution in [0.4, 0.5) is 0 Å². The number of hydrogen-bond acceptors (Lipinski definition) is 5. The van der Waals surface area contributed by atoms with Crippen molar-refractivity contribution in [2.24, 2.45) is 0 Å². The summed E-state index contributed by atoms with van der Waals surface area (Å²) in [5, 5.41) is 16.5. The molecular formula is C11H18ClN3O3. The van der Waals surface area contributed by atoms with Crippen molar-refractivity contribution in [3.63, 3.8) is 0 Å². The topological polar surface area (TPSA) is 77.2 Å². The largest absolute Gasteiger partial charge is 0.461 e. The zero-order valence-corrected chi connectivity index (χ0v) is 11.4. The number of ether oxygens (including phenoxy) is 1. The third kappa shape index (κ3) is 3.68. The van der Waals surface area contributed by atoms with Crippen LogP contribution in [0.5, 0.6) is 0 Å². The van der Waals surface area contributed by atoms with Gasteiger partial charge in [0.2, 0.25) is 0 Å². The van der Waals surface area contributed by atoms with Gasteiger partial charge >= 0.3 is 5.97 Å². The van der Waals surface area contributed by atoms with Gasteiger partial charge in [0, 0.05) is 12.1 Å². The van der Waals surface area contributed by atoms with Gasteiger partial charge in [0.1, 0.15) is 6.61 Å². The van der Waals surface area contributed by atoms with Crippen LogP contribution in [-0.2, 0) is 21.5 Å². The van der Waals surface area contributed by atoms with Crippen molar-refractivity contribution in [3.05, 3.63) is 11.9 Å². The lowest BCUT2D eigenvalue weighted by atomic mass is 10.1. The lowest BCUT2D eigenvalue weighted by Gasteiger charge is -2.22. The molecule has 0 spiro atoms. The molecule has 0 saturated heterocycles. The maximum absolute atomic E-state index is 11.8. The van der Waals surface area contributed by atoms with Crippen LogP contribution in [0.1, 0.15) is 26.0 Å². The zero-order chi connectivity index (χ0) is 13.6. The highest BCUT2D eigenvalue weighted by atomic mass is 35.5. The Morgan fingerprint density at radius 1 is 1.61 bits per heavy atom. The molecule has 1 aromatic heterocycles. The predicted molar refractivity (Wildman–Crippen MR) is 66.4 cm³/mol. The molecule has 0 bridgehead atoms. The summed E-state index contributed by atoms with van der Waals surface area (Å²) in [7, 11) is 0. The molecule has 0 unspecified atom stereocenters. The highest BCUT2D eigenvalue weighted by molar-refractivity contribution is 6.17. The van der Waals surface area contributed by atoms with Gasteiger partial charge in [0.25, 0.3) is 0 Å². The first-order valence-corrected chi connectivity index (χ1v) is 6.31. The summed E-state index contributed by atoms with van der Waals surface area (Å²) in [4.78, 5) is 11.8. The maximum atomic E-state index is 11.8. The average Bonchev–Trinajstić information content (AvgIpc) is 2.82. The number of nitrogens with zero attached hydrogens (tertiary/aromatic N) is 3. The highest BCUT2D eigenvalue weighted by Gasteiger charge is 2.32. The van der Waals surface area contributed by atoms with E-state index in [1.165, 1.54) is 4.68 Å². The number of aromatic nitrogens is 3. The molecule has 6 nitrogen and oxygen atoms in total. The number of aliphatic hydroxyl groups excluding tert-OH is 1. The Morgan fingerprint density at radius 2 is 2.33 bits per heavy atom. The van der Waals surface area contributed by atoms with Crippen LogP contribution in [0.3, 0.4) is 0 Å². The van der Waals surface area contributed by atoms with E-state index in [1.807, 2.05) is 0 Å². The molecule has 102 valence electrons. The molecule has 1 N–H and O–H groups in total. The molecule has 0 radical (unpaired) electrons. The molecule has 0 fully saturated rings. The van der Waals surface area contributed by atoms with E-state index >= 15 is 0 Å². The molecule has 0 aliphatic heterocycles. The third-order valence-electron chi connectivity index (χ3n) is 2.50. The summed E-state index contributed by atoms with van der Waals surface area (Å²) < 4.78 is 6.37. The van der Waals surface area contributed by atoms with Gasteiger partial charge in [-0.2, -0.15) is 0 Å². The van der Waals surface area contributed by atoms with Gasteiger partial charge in [0.15, 0.2) is 5.54 Å². The molecule has 1 heterocycles. The monoisotopic (exact) mass is 275 g/mol. The van der Waals surface area contributed by atoms with Crippen LogP contribution in [0.15, 0.2) is 6.20 Å². The number of esters is 1. The first-order chi connectivity index (χ1) is 8.52. The smallest absolute Gasteiger partial charge is 0.333 e. The van der Waals surface area contributed by atoms with E-state index < -0.39 is 11.5 Å². The average molecular weight is 276 g/mol. The fourth-order valence-corrected chi connectivity index (χ4v) is 1.48. The van der Waals surface area contributed by atoms with Gasteiger partial charge in [-0.15, -0.1) is 16.7 Å². The second-order valence-electron chi connectivity index (χ2n) is 4.37. The van der Waals surface area contributed by atoms with Crippen LogP contribution < -0.4 is 0 Å². The van der Waals surface area contributed by atoms with Gasteiger partial charge in [-0.3, -0.25) is 0 Å². The number of alkyl halides is 1. The normalized spacial score (nSPS) is 11.6. The summed E-state index contributed by atoms with van der Waals surface area (Å²) in [6, 6.07) is 0. The second-order valence-corrected chi connectivity index (χ2v) is 4.74. The molecule has 0 aromatic carbocycles. The molecule has 0 amide bonds. The Bertz CT molecular complexity index is 393. The lowest BCUT2D eigenvalue weighted by molar-refractivity contribution is -0.154. The molecule has 0 saturated carbocycles. The third-order valence-corrected chi connectivity index (χ3v) is 2.77. The van der Waals surface area contributed by atoms with E-state index in [2.05, 4.69) is 10.3 Å². The number of rotatable bonds is 7. The quantitative estimate of drug-likeness (QED) is 0.586. The first kappa shape index (κ1) is 14.9. The summed E-state index contributed by atoms with van der Waals surface area (Å²) in [5.41, 5.74) is -0.153. The molecule has 0 atom stereocenters. The van der Waals surface area contributed by atoms with Gasteiger partial charge < -0.3 is 9.84 Å². The fraction of sp³-hybridized carbons (Fsp3) is 0.727. The summed E-state index contributed by atoms with van der Waals surface area (Å²) >= 11 is 5.60. The Morgan fingerprint density at radius 3 is 2.94 bits per heavy atom. The standard InChI is InChI=1S/C11H18ClN3O3/c1-11(2,10(17)18-7-6-16)15-8-9(13-14-15)4-3-5-12/h8,16H,3-7H2,1-2H3. The van der Waals surface area contributed by atoms with E-state index in [0.717, 1.165) is 18.5 Å². The molecule has 0 aliphatic rings. The summed E-state index contributed by atoms with van der Waals surface area (Å²) in [6.07, 6.45) is 3.26. The minimum Gasteiger partial charge on any atom is -0.461 e. The van der Waals surface area contributed by atoms with E-state index in [4.69, 9.17) is 21.4 Å². The minimum absolute atomic E-state index is 0.0178. The van der Waals surface area contributed by atoms with Crippen LogP contribution in [0, 0.1) is 0 Å². The van der Waals surface area contributed by atoms with Gasteiger partial charge in [-0.25, -0.2) is 9.48 Å². The SMILES string of the molecule is CC(C)(C(=O)OCCO)n1cc(CCCCl)nn1. The molecule has 1 rings (SSSR count). The molecular weight excluding hydrogens is 258 g/mol. The van der Waals surface area contributed by atoms with E-state index in [-0.39, 0.29) is 13.2 Å². The predicted octanol–water partition coefficient (Wildman–Crippen LogP) is 0.720. The van der Waals surface area contributed by atoms with E-state index in [9.17, 15) is 4.79 Å². The molecule has 1 aromatic rings. The van der Waals surface area contributed by atoms with Gasteiger partial charge in [0.05, 0.1) is 12.3 Å². The van der Waals surface area contributed by atoms with Crippen molar-refractivity contribution in [1.82, 2.24) is 15.0 Å². The van der Waals surface area contributed by atoms with E-state index in [1.54, 1.807) is 20.0 Å². The van der Waals surface area contributed by atoms with Crippen LogP contribution in [0.25, 0.3) is 0 Å². The van der Waals surface area contributed by atoms with Crippen molar-refractivity contribution < 1.29 is 14.6 Å². The maximum Gasteiger partial charge on any atom is 0.333 e. The Hall–Kier alpha value is -1.14. The second kappa shape index (κ2) is 6.70. The number of carbonyl (C=O) groups is 1. The van der Waals surface area contributed by atoms with Gasteiger partial charge in [-0.05, 0) is 26.7 Å². The number of halogens is 1. The number of aliphatic hydroxyl groups is 1. The number of aryl methyl sites for hydroxylation is 1. The highest BCUT2D eigenvalue weighted by Crippen LogP contribution is 2.16. The van der Waals surface area contributed by atoms with Crippen molar-refractivity contribution in [2.75, 3.05) is 19.1 Å². The van der Waals surface area contributed by atoms with Crippen molar-refractivity contribution in [3.8, 4) is 0 Å². The Labute approximate surface area is 111 Å². The van der Waals surface area contributed by atoms with Crippen molar-refractivity contribution in [1.29, 1.82) is 0 Å². The van der Waals surface area contributed by atoms with Crippen LogP contribution in [-0.4, -0.2) is 45.2 Å². The summed E-state index contributed by atoms with van der Waals surface area (Å²) in [5.74, 6) is 0.111.